The van der Waals surface area contributed by atoms with Gasteiger partial charge in [-0.2, -0.15) is 0 Å². The number of pyridine rings is 1. The van der Waals surface area contributed by atoms with E-state index < -0.39 is 0 Å². The van der Waals surface area contributed by atoms with Gasteiger partial charge in [0.2, 0.25) is 0 Å². The number of hydrogen-bond donors (Lipinski definition) is 0. The Kier molecular flexibility index (Phi) is 4.95. The molecule has 3 atom stereocenters. The molecule has 3 aromatic heterocycles. The highest BCUT2D eigenvalue weighted by Gasteiger charge is 2.36. The summed E-state index contributed by atoms with van der Waals surface area (Å²) in [6.45, 7) is 7.00. The third-order valence-electron chi connectivity index (χ3n) is 7.60. The molecule has 5 nitrogen and oxygen atoms in total. The fraction of sp³-hybridized carbons (Fsp3) is 0.560. The van der Waals surface area contributed by atoms with Crippen LogP contribution < -0.4 is 4.90 Å². The van der Waals surface area contributed by atoms with Crippen molar-refractivity contribution in [3.63, 3.8) is 0 Å². The Morgan fingerprint density at radius 2 is 1.90 bits per heavy atom. The van der Waals surface area contributed by atoms with Gasteiger partial charge in [-0.15, -0.1) is 11.3 Å². The van der Waals surface area contributed by atoms with Crippen LogP contribution in [0.4, 0.5) is 5.82 Å². The lowest BCUT2D eigenvalue weighted by molar-refractivity contribution is 0.129. The van der Waals surface area contributed by atoms with Crippen molar-refractivity contribution in [1.82, 2.24) is 19.9 Å². The number of anilines is 1. The van der Waals surface area contributed by atoms with E-state index in [1.807, 2.05) is 29.8 Å². The lowest BCUT2D eigenvalue weighted by atomic mass is 10.0. The normalized spacial score (nSPS) is 26.6. The van der Waals surface area contributed by atoms with Gasteiger partial charge in [0.25, 0.3) is 0 Å². The molecule has 2 fully saturated rings. The molecule has 0 N–H and O–H groups in total. The molecule has 0 spiro atoms. The quantitative estimate of drug-likeness (QED) is 0.576. The fourth-order valence-electron chi connectivity index (χ4n) is 6.15. The molecule has 3 unspecified atom stereocenters. The highest BCUT2D eigenvalue weighted by molar-refractivity contribution is 7.19. The molecular weight excluding hydrogens is 402 g/mol. The van der Waals surface area contributed by atoms with Crippen LogP contribution >= 0.6 is 11.3 Å². The van der Waals surface area contributed by atoms with E-state index in [1.165, 1.54) is 71.4 Å². The van der Waals surface area contributed by atoms with Gasteiger partial charge in [0.1, 0.15) is 10.6 Å². The van der Waals surface area contributed by atoms with E-state index in [0.29, 0.717) is 18.1 Å². The number of aryl methyl sites for hydroxylation is 2. The predicted octanol–water partition coefficient (Wildman–Crippen LogP) is 5.08. The first-order valence-corrected chi connectivity index (χ1v) is 12.8. The molecule has 3 aromatic rings. The van der Waals surface area contributed by atoms with E-state index in [1.54, 1.807) is 0 Å². The van der Waals surface area contributed by atoms with Gasteiger partial charge in [-0.25, -0.2) is 9.97 Å². The maximum Gasteiger partial charge on any atom is 0.164 e. The summed E-state index contributed by atoms with van der Waals surface area (Å²) in [6, 6.07) is 6.07. The molecule has 0 radical (unpaired) electrons. The smallest absolute Gasteiger partial charge is 0.164 e. The number of aromatic nitrogens is 3. The molecule has 2 aliphatic heterocycles. The highest BCUT2D eigenvalue weighted by atomic mass is 32.1. The molecule has 0 amide bonds. The van der Waals surface area contributed by atoms with Crippen LogP contribution in [-0.2, 0) is 12.8 Å². The number of likely N-dealkylation sites (tertiary alicyclic amines) is 1. The van der Waals surface area contributed by atoms with Crippen LogP contribution in [-0.4, -0.2) is 51.1 Å². The third kappa shape index (κ3) is 3.35. The van der Waals surface area contributed by atoms with Crippen molar-refractivity contribution in [3.8, 4) is 11.4 Å². The fourth-order valence-corrected chi connectivity index (χ4v) is 7.41. The number of rotatable bonds is 3. The Morgan fingerprint density at radius 3 is 2.71 bits per heavy atom. The van der Waals surface area contributed by atoms with Crippen molar-refractivity contribution in [2.45, 2.75) is 76.9 Å². The van der Waals surface area contributed by atoms with Crippen LogP contribution in [0, 0.1) is 0 Å². The van der Waals surface area contributed by atoms with Gasteiger partial charge >= 0.3 is 0 Å². The van der Waals surface area contributed by atoms with Crippen LogP contribution in [0.3, 0.4) is 0 Å². The Labute approximate surface area is 188 Å². The standard InChI is InChI=1S/C25H31N5S/c1-16-10-11-17(2)30(16)19-7-5-13-29(15-19)24-22-20-8-3-9-21(20)31-25(22)28-23(27-24)18-6-4-12-26-14-18/h4,6,12,14,16-17,19H,3,5,7-11,13,15H2,1-2H3. The van der Waals surface area contributed by atoms with E-state index in [9.17, 15) is 0 Å². The summed E-state index contributed by atoms with van der Waals surface area (Å²) < 4.78 is 0. The van der Waals surface area contributed by atoms with E-state index >= 15 is 0 Å². The number of nitrogens with zero attached hydrogens (tertiary/aromatic N) is 5. The number of fused-ring (bicyclic) bond motifs is 3. The molecule has 6 rings (SSSR count). The summed E-state index contributed by atoms with van der Waals surface area (Å²) in [6.07, 6.45) is 12.6. The van der Waals surface area contributed by atoms with Crippen molar-refractivity contribution >= 4 is 27.4 Å². The monoisotopic (exact) mass is 433 g/mol. The minimum atomic E-state index is 0.625. The third-order valence-corrected chi connectivity index (χ3v) is 8.79. The second-order valence-corrected chi connectivity index (χ2v) is 10.7. The molecule has 0 aromatic carbocycles. The summed E-state index contributed by atoms with van der Waals surface area (Å²) in [4.78, 5) is 22.6. The van der Waals surface area contributed by atoms with Crippen molar-refractivity contribution in [3.05, 3.63) is 35.0 Å². The van der Waals surface area contributed by atoms with Gasteiger partial charge in [-0.3, -0.25) is 9.88 Å². The maximum atomic E-state index is 5.21. The minimum absolute atomic E-state index is 0.625. The van der Waals surface area contributed by atoms with Gasteiger partial charge in [-0.1, -0.05) is 0 Å². The van der Waals surface area contributed by atoms with Crippen molar-refractivity contribution in [2.75, 3.05) is 18.0 Å². The summed E-state index contributed by atoms with van der Waals surface area (Å²) in [5.74, 6) is 1.99. The van der Waals surface area contributed by atoms with Crippen LogP contribution in [0.1, 0.15) is 56.4 Å². The first-order valence-electron chi connectivity index (χ1n) is 11.9. The van der Waals surface area contributed by atoms with Crippen LogP contribution in [0.2, 0.25) is 0 Å². The van der Waals surface area contributed by atoms with Crippen molar-refractivity contribution in [1.29, 1.82) is 0 Å². The summed E-state index contributed by atoms with van der Waals surface area (Å²) in [7, 11) is 0. The van der Waals surface area contributed by atoms with Gasteiger partial charge in [0.15, 0.2) is 5.82 Å². The van der Waals surface area contributed by atoms with Crippen molar-refractivity contribution < 1.29 is 0 Å². The molecule has 0 bridgehead atoms. The van der Waals surface area contributed by atoms with Crippen LogP contribution in [0.5, 0.6) is 0 Å². The highest BCUT2D eigenvalue weighted by Crippen LogP contribution is 2.42. The Hall–Kier alpha value is -2.05. The number of hydrogen-bond acceptors (Lipinski definition) is 6. The molecule has 2 saturated heterocycles. The van der Waals surface area contributed by atoms with Gasteiger partial charge in [0.05, 0.1) is 5.39 Å². The molecule has 3 aliphatic rings. The number of thiophene rings is 1. The average molecular weight is 434 g/mol. The van der Waals surface area contributed by atoms with E-state index in [2.05, 4.69) is 34.7 Å². The van der Waals surface area contributed by atoms with Crippen molar-refractivity contribution in [2.24, 2.45) is 0 Å². The molecule has 0 saturated carbocycles. The van der Waals surface area contributed by atoms with E-state index in [0.717, 1.165) is 24.5 Å². The first-order chi connectivity index (χ1) is 15.2. The largest absolute Gasteiger partial charge is 0.354 e. The van der Waals surface area contributed by atoms with Crippen LogP contribution in [0.15, 0.2) is 24.5 Å². The molecule has 1 aliphatic carbocycles. The zero-order valence-electron chi connectivity index (χ0n) is 18.5. The lowest BCUT2D eigenvalue weighted by Gasteiger charge is -2.42. The second-order valence-electron chi connectivity index (χ2n) is 9.61. The zero-order chi connectivity index (χ0) is 20.9. The Bertz CT molecular complexity index is 1080. The van der Waals surface area contributed by atoms with E-state index in [4.69, 9.17) is 9.97 Å². The SMILES string of the molecule is CC1CCC(C)N1C1CCCN(c2nc(-c3cccnc3)nc3sc4c(c23)CCC4)C1. The molecule has 162 valence electrons. The molecule has 5 heterocycles. The Morgan fingerprint density at radius 1 is 1.03 bits per heavy atom. The topological polar surface area (TPSA) is 45.2 Å². The average Bonchev–Trinajstić information content (AvgIpc) is 3.48. The molecule has 6 heteroatoms. The maximum absolute atomic E-state index is 5.21. The van der Waals surface area contributed by atoms with Gasteiger partial charge in [-0.05, 0) is 76.5 Å². The minimum Gasteiger partial charge on any atom is -0.354 e. The summed E-state index contributed by atoms with van der Waals surface area (Å²) in [5.41, 5.74) is 2.53. The summed E-state index contributed by atoms with van der Waals surface area (Å²) >= 11 is 1.89. The predicted molar refractivity (Wildman–Crippen MR) is 128 cm³/mol. The number of piperidine rings is 1. The zero-order valence-corrected chi connectivity index (χ0v) is 19.4. The van der Waals surface area contributed by atoms with Gasteiger partial charge in [0, 0.05) is 54.0 Å². The second kappa shape index (κ2) is 7.82. The molecule has 31 heavy (non-hydrogen) atoms. The van der Waals surface area contributed by atoms with E-state index in [-0.39, 0.29) is 0 Å². The summed E-state index contributed by atoms with van der Waals surface area (Å²) in [5, 5.41) is 1.34. The van der Waals surface area contributed by atoms with Gasteiger partial charge < -0.3 is 4.90 Å². The van der Waals surface area contributed by atoms with Crippen LogP contribution in [0.25, 0.3) is 21.6 Å². The first kappa shape index (κ1) is 19.6. The molecular formula is C25H31N5S. The Balaban J connectivity index is 1.43. The lowest BCUT2D eigenvalue weighted by Crippen LogP contribution is -2.51.